The van der Waals surface area contributed by atoms with Crippen molar-refractivity contribution < 1.29 is 33.3 Å². The largest absolute Gasteiger partial charge is 0.466 e. The number of hydrogen-bond acceptors (Lipinski definition) is 7. The van der Waals surface area contributed by atoms with E-state index in [1.165, 1.54) is 13.5 Å². The molecular weight excluding hydrogens is 582 g/mol. The Morgan fingerprint density at radius 3 is 2.37 bits per heavy atom. The molecule has 4 bridgehead atoms. The summed E-state index contributed by atoms with van der Waals surface area (Å²) in [7, 11) is 1.37. The fraction of sp³-hybridized carbons (Fsp3) is 0.658. The zero-order valence-electron chi connectivity index (χ0n) is 28.4. The number of esters is 2. The number of hydrogen-bond donors (Lipinski definition) is 0. The summed E-state index contributed by atoms with van der Waals surface area (Å²) in [6.07, 6.45) is 24.8. The van der Waals surface area contributed by atoms with Gasteiger partial charge in [0.05, 0.1) is 37.9 Å². The molecule has 7 unspecified atom stereocenters. The molecule has 4 rings (SSSR count). The summed E-state index contributed by atoms with van der Waals surface area (Å²) in [5, 5.41) is 0. The van der Waals surface area contributed by atoms with Gasteiger partial charge in [0.25, 0.3) is 0 Å². The smallest absolute Gasteiger partial charge is 0.330 e. The van der Waals surface area contributed by atoms with Crippen LogP contribution < -0.4 is 0 Å². The summed E-state index contributed by atoms with van der Waals surface area (Å²) in [6.45, 7) is 7.98. The van der Waals surface area contributed by atoms with Gasteiger partial charge in [0.2, 0.25) is 5.91 Å². The molecule has 3 fully saturated rings. The van der Waals surface area contributed by atoms with Crippen LogP contribution in [0.15, 0.2) is 59.8 Å². The number of rotatable bonds is 6. The van der Waals surface area contributed by atoms with Crippen LogP contribution in [-0.4, -0.2) is 73.5 Å². The van der Waals surface area contributed by atoms with Crippen molar-refractivity contribution in [2.75, 3.05) is 20.2 Å². The lowest BCUT2D eigenvalue weighted by Gasteiger charge is -2.37. The molecule has 254 valence electrons. The van der Waals surface area contributed by atoms with Crippen molar-refractivity contribution in [2.24, 2.45) is 11.8 Å². The summed E-state index contributed by atoms with van der Waals surface area (Å²) in [5.41, 5.74) is 1.95. The van der Waals surface area contributed by atoms with Gasteiger partial charge in [-0.3, -0.25) is 9.59 Å². The van der Waals surface area contributed by atoms with E-state index in [2.05, 4.69) is 26.0 Å². The number of allylic oxidation sites excluding steroid dienone is 5. The third-order valence-corrected chi connectivity index (χ3v) is 9.45. The Morgan fingerprint density at radius 2 is 1.61 bits per heavy atom. The molecule has 8 nitrogen and oxygen atoms in total. The lowest BCUT2D eigenvalue weighted by Crippen LogP contribution is -2.37. The highest BCUT2D eigenvalue weighted by atomic mass is 16.6. The van der Waals surface area contributed by atoms with Gasteiger partial charge < -0.3 is 23.8 Å². The average molecular weight is 638 g/mol. The fourth-order valence-corrected chi connectivity index (χ4v) is 6.95. The van der Waals surface area contributed by atoms with E-state index in [-0.39, 0.29) is 54.6 Å². The minimum Gasteiger partial charge on any atom is -0.466 e. The molecule has 46 heavy (non-hydrogen) atoms. The fourth-order valence-electron chi connectivity index (χ4n) is 6.95. The van der Waals surface area contributed by atoms with Crippen molar-refractivity contribution in [3.63, 3.8) is 0 Å². The van der Waals surface area contributed by atoms with Gasteiger partial charge >= 0.3 is 11.9 Å². The van der Waals surface area contributed by atoms with Gasteiger partial charge in [0, 0.05) is 37.9 Å². The third kappa shape index (κ3) is 12.0. The molecule has 0 spiro atoms. The number of likely N-dealkylation sites (tertiary alicyclic amines) is 1. The van der Waals surface area contributed by atoms with Gasteiger partial charge in [-0.1, -0.05) is 61.4 Å². The summed E-state index contributed by atoms with van der Waals surface area (Å²) >= 11 is 0. The quantitative estimate of drug-likeness (QED) is 0.135. The lowest BCUT2D eigenvalue weighted by atomic mass is 9.89. The first-order valence-electron chi connectivity index (χ1n) is 17.4. The SMILES string of the molecule is COC(=O)/C=C1\CC2CC(=O)OC(/C=C/C=C\C=C(/C)CC(=O)N3CCCCC3)C(C)/C=C/C(C)CC3CCCC(CC(C1)O2)O3. The van der Waals surface area contributed by atoms with Crippen molar-refractivity contribution in [1.82, 2.24) is 4.90 Å². The molecule has 4 aliphatic heterocycles. The van der Waals surface area contributed by atoms with Crippen molar-refractivity contribution in [3.8, 4) is 0 Å². The number of fused-ring (bicyclic) bond motifs is 4. The van der Waals surface area contributed by atoms with E-state index in [4.69, 9.17) is 18.9 Å². The van der Waals surface area contributed by atoms with Crippen LogP contribution in [0.2, 0.25) is 0 Å². The predicted molar refractivity (Wildman–Crippen MR) is 179 cm³/mol. The van der Waals surface area contributed by atoms with Crippen LogP contribution in [-0.2, 0) is 33.3 Å². The minimum absolute atomic E-state index is 0.0433. The highest BCUT2D eigenvalue weighted by molar-refractivity contribution is 5.82. The van der Waals surface area contributed by atoms with Crippen LogP contribution in [0.4, 0.5) is 0 Å². The Hall–Kier alpha value is -2.97. The van der Waals surface area contributed by atoms with Gasteiger partial charge in [0.1, 0.15) is 6.10 Å². The second-order valence-corrected chi connectivity index (χ2v) is 13.7. The Balaban J connectivity index is 1.45. The second-order valence-electron chi connectivity index (χ2n) is 13.7. The average Bonchev–Trinajstić information content (AvgIpc) is 3.02. The molecule has 0 saturated carbocycles. The van der Waals surface area contributed by atoms with E-state index in [0.717, 1.165) is 69.2 Å². The Labute approximate surface area is 275 Å². The molecule has 7 atom stereocenters. The molecule has 0 aromatic carbocycles. The van der Waals surface area contributed by atoms with Crippen LogP contribution in [0.5, 0.6) is 0 Å². The maximum atomic E-state index is 13.3. The first-order chi connectivity index (χ1) is 22.2. The van der Waals surface area contributed by atoms with Crippen LogP contribution in [0.1, 0.15) is 97.8 Å². The van der Waals surface area contributed by atoms with Crippen LogP contribution in [0.3, 0.4) is 0 Å². The van der Waals surface area contributed by atoms with Gasteiger partial charge in [-0.15, -0.1) is 0 Å². The highest BCUT2D eigenvalue weighted by Gasteiger charge is 2.33. The number of carbonyl (C=O) groups is 3. The molecule has 0 aromatic heterocycles. The molecule has 1 amide bonds. The topological polar surface area (TPSA) is 91.4 Å². The molecule has 0 aliphatic carbocycles. The summed E-state index contributed by atoms with van der Waals surface area (Å²) in [6, 6.07) is 0. The molecular formula is C38H55NO7. The molecule has 4 heterocycles. The maximum Gasteiger partial charge on any atom is 0.330 e. The van der Waals surface area contributed by atoms with Gasteiger partial charge in [-0.05, 0) is 76.7 Å². The number of nitrogens with zero attached hydrogens (tertiary/aromatic N) is 1. The van der Waals surface area contributed by atoms with E-state index < -0.39 is 6.10 Å². The number of methoxy groups -OCH3 is 1. The normalized spacial score (nSPS) is 33.6. The van der Waals surface area contributed by atoms with Crippen LogP contribution in [0.25, 0.3) is 0 Å². The van der Waals surface area contributed by atoms with Gasteiger partial charge in [-0.2, -0.15) is 0 Å². The maximum absolute atomic E-state index is 13.3. The minimum atomic E-state index is -0.459. The Kier molecular flexibility index (Phi) is 14.3. The summed E-state index contributed by atoms with van der Waals surface area (Å²) < 4.78 is 23.9. The van der Waals surface area contributed by atoms with E-state index in [0.29, 0.717) is 25.2 Å². The van der Waals surface area contributed by atoms with Gasteiger partial charge in [-0.25, -0.2) is 4.79 Å². The number of piperidine rings is 1. The monoisotopic (exact) mass is 637 g/mol. The predicted octanol–water partition coefficient (Wildman–Crippen LogP) is 6.96. The van der Waals surface area contributed by atoms with Crippen LogP contribution in [0, 0.1) is 11.8 Å². The standard InChI is InChI=1S/C38H55NO7/c1-27(21-36(40)39-18-9-6-10-19-39)12-7-5-8-15-35-29(3)17-16-28(2)20-31-13-11-14-32(44-31)25-33-22-30(24-37(41)43-4)23-34(45-33)26-38(42)46-35/h5,7-8,12,15-17,24,28-29,31-35H,6,9-11,13-14,18-23,25-26H2,1-4H3/b7-5-,15-8+,17-16+,27-12+,30-24-. The molecule has 0 aromatic rings. The number of carbonyl (C=O) groups excluding carboxylic acids is 3. The van der Waals surface area contributed by atoms with E-state index in [9.17, 15) is 14.4 Å². The lowest BCUT2D eigenvalue weighted by molar-refractivity contribution is -0.154. The molecule has 3 saturated heterocycles. The van der Waals surface area contributed by atoms with Crippen molar-refractivity contribution >= 4 is 17.8 Å². The van der Waals surface area contributed by atoms with E-state index in [1.54, 1.807) is 6.08 Å². The summed E-state index contributed by atoms with van der Waals surface area (Å²) in [4.78, 5) is 39.9. The van der Waals surface area contributed by atoms with Gasteiger partial charge in [0.15, 0.2) is 0 Å². The molecule has 0 N–H and O–H groups in total. The van der Waals surface area contributed by atoms with Crippen molar-refractivity contribution in [2.45, 2.75) is 128 Å². The third-order valence-electron chi connectivity index (χ3n) is 9.45. The number of amides is 1. The first kappa shape index (κ1) is 35.9. The molecule has 0 radical (unpaired) electrons. The summed E-state index contributed by atoms with van der Waals surface area (Å²) in [5.74, 6) is -0.243. The van der Waals surface area contributed by atoms with Crippen molar-refractivity contribution in [1.29, 1.82) is 0 Å². The Morgan fingerprint density at radius 1 is 0.891 bits per heavy atom. The second kappa shape index (κ2) is 18.4. The first-order valence-corrected chi connectivity index (χ1v) is 17.4. The highest BCUT2D eigenvalue weighted by Crippen LogP contribution is 2.33. The van der Waals surface area contributed by atoms with E-state index >= 15 is 0 Å². The number of ether oxygens (including phenoxy) is 4. The zero-order valence-corrected chi connectivity index (χ0v) is 28.4. The van der Waals surface area contributed by atoms with E-state index in [1.807, 2.05) is 42.2 Å². The molecule has 8 heteroatoms. The molecule has 4 aliphatic rings. The van der Waals surface area contributed by atoms with Crippen molar-refractivity contribution in [3.05, 3.63) is 59.8 Å². The zero-order chi connectivity index (χ0) is 32.9. The number of cyclic esters (lactones) is 1. The Bertz CT molecular complexity index is 1180. The van der Waals surface area contributed by atoms with Crippen LogP contribution >= 0.6 is 0 Å².